The molecule has 72 valence electrons. The minimum atomic E-state index is -0.106. The van der Waals surface area contributed by atoms with Crippen molar-refractivity contribution >= 4 is 5.78 Å². The van der Waals surface area contributed by atoms with Crippen molar-refractivity contribution in [2.45, 2.75) is 0 Å². The van der Waals surface area contributed by atoms with E-state index in [0.29, 0.717) is 11.4 Å². The van der Waals surface area contributed by atoms with E-state index in [-0.39, 0.29) is 5.78 Å². The molecule has 0 aliphatic rings. The standard InChI is InChI=1S/C9H10N4O/c1-12-4-3-10-9(12)8(14)7-5-11-13(2)6-7/h3-6H,1-2H3. The fourth-order valence-electron chi connectivity index (χ4n) is 1.25. The lowest BCUT2D eigenvalue weighted by molar-refractivity contribution is 0.102. The molecule has 0 atom stereocenters. The zero-order chi connectivity index (χ0) is 10.1. The van der Waals surface area contributed by atoms with Crippen LogP contribution in [0.4, 0.5) is 0 Å². The first-order valence-corrected chi connectivity index (χ1v) is 4.19. The van der Waals surface area contributed by atoms with E-state index in [1.54, 1.807) is 41.9 Å². The van der Waals surface area contributed by atoms with Crippen molar-refractivity contribution in [2.24, 2.45) is 14.1 Å². The van der Waals surface area contributed by atoms with Crippen molar-refractivity contribution < 1.29 is 4.79 Å². The van der Waals surface area contributed by atoms with Gasteiger partial charge in [-0.1, -0.05) is 0 Å². The second-order valence-electron chi connectivity index (χ2n) is 3.09. The van der Waals surface area contributed by atoms with Crippen molar-refractivity contribution in [1.29, 1.82) is 0 Å². The van der Waals surface area contributed by atoms with Crippen molar-refractivity contribution in [3.05, 3.63) is 36.2 Å². The second-order valence-corrected chi connectivity index (χ2v) is 3.09. The molecule has 2 aromatic rings. The summed E-state index contributed by atoms with van der Waals surface area (Å²) in [5, 5.41) is 3.94. The molecule has 5 heteroatoms. The minimum Gasteiger partial charge on any atom is -0.331 e. The normalized spacial score (nSPS) is 10.4. The first-order valence-electron chi connectivity index (χ1n) is 4.19. The summed E-state index contributed by atoms with van der Waals surface area (Å²) in [6.45, 7) is 0. The zero-order valence-corrected chi connectivity index (χ0v) is 8.01. The van der Waals surface area contributed by atoms with Crippen LogP contribution in [-0.4, -0.2) is 25.1 Å². The van der Waals surface area contributed by atoms with E-state index < -0.39 is 0 Å². The Balaban J connectivity index is 2.38. The number of aryl methyl sites for hydroxylation is 2. The Morgan fingerprint density at radius 1 is 1.43 bits per heavy atom. The predicted octanol–water partition coefficient (Wildman–Crippen LogP) is 0.385. The third-order valence-corrected chi connectivity index (χ3v) is 1.99. The van der Waals surface area contributed by atoms with Gasteiger partial charge in [-0.3, -0.25) is 9.48 Å². The maximum absolute atomic E-state index is 11.8. The minimum absolute atomic E-state index is 0.106. The first-order chi connectivity index (χ1) is 6.68. The van der Waals surface area contributed by atoms with Gasteiger partial charge in [0.1, 0.15) is 0 Å². The average molecular weight is 190 g/mol. The third kappa shape index (κ3) is 1.32. The van der Waals surface area contributed by atoms with Crippen LogP contribution in [0, 0.1) is 0 Å². The van der Waals surface area contributed by atoms with E-state index >= 15 is 0 Å². The lowest BCUT2D eigenvalue weighted by Gasteiger charge is -1.96. The van der Waals surface area contributed by atoms with Gasteiger partial charge in [-0.2, -0.15) is 5.10 Å². The largest absolute Gasteiger partial charge is 0.331 e. The van der Waals surface area contributed by atoms with Crippen LogP contribution < -0.4 is 0 Å². The second kappa shape index (κ2) is 3.10. The van der Waals surface area contributed by atoms with E-state index in [2.05, 4.69) is 10.1 Å². The van der Waals surface area contributed by atoms with Crippen LogP contribution in [-0.2, 0) is 14.1 Å². The zero-order valence-electron chi connectivity index (χ0n) is 8.01. The fourth-order valence-corrected chi connectivity index (χ4v) is 1.25. The molecule has 2 aromatic heterocycles. The Kier molecular flexibility index (Phi) is 1.92. The quantitative estimate of drug-likeness (QED) is 0.643. The molecule has 0 saturated carbocycles. The molecule has 0 aliphatic carbocycles. The highest BCUT2D eigenvalue weighted by Gasteiger charge is 2.14. The molecule has 0 saturated heterocycles. The third-order valence-electron chi connectivity index (χ3n) is 1.99. The van der Waals surface area contributed by atoms with E-state index in [1.807, 2.05) is 0 Å². The summed E-state index contributed by atoms with van der Waals surface area (Å²) in [7, 11) is 3.56. The molecule has 0 aromatic carbocycles. The number of aromatic nitrogens is 4. The Morgan fingerprint density at radius 2 is 2.21 bits per heavy atom. The lowest BCUT2D eigenvalue weighted by Crippen LogP contribution is -2.07. The molecule has 0 aliphatic heterocycles. The van der Waals surface area contributed by atoms with Crippen molar-refractivity contribution in [3.8, 4) is 0 Å². The summed E-state index contributed by atoms with van der Waals surface area (Å²) in [5.74, 6) is 0.323. The van der Waals surface area contributed by atoms with Gasteiger partial charge in [-0.25, -0.2) is 4.98 Å². The highest BCUT2D eigenvalue weighted by atomic mass is 16.1. The Labute approximate surface area is 81.0 Å². The van der Waals surface area contributed by atoms with Gasteiger partial charge in [-0.05, 0) is 0 Å². The van der Waals surface area contributed by atoms with Crippen LogP contribution in [0.3, 0.4) is 0 Å². The first kappa shape index (κ1) is 8.68. The van der Waals surface area contributed by atoms with Crippen molar-refractivity contribution in [2.75, 3.05) is 0 Å². The van der Waals surface area contributed by atoms with Gasteiger partial charge in [-0.15, -0.1) is 0 Å². The smallest absolute Gasteiger partial charge is 0.231 e. The number of carbonyl (C=O) groups excluding carboxylic acids is 1. The molecule has 0 amide bonds. The monoisotopic (exact) mass is 190 g/mol. The van der Waals surface area contributed by atoms with Crippen LogP contribution in [0.25, 0.3) is 0 Å². The molecule has 2 rings (SSSR count). The van der Waals surface area contributed by atoms with Crippen molar-refractivity contribution in [3.63, 3.8) is 0 Å². The number of hydrogen-bond acceptors (Lipinski definition) is 3. The summed E-state index contributed by atoms with van der Waals surface area (Å²) in [6, 6.07) is 0. The lowest BCUT2D eigenvalue weighted by atomic mass is 10.2. The SMILES string of the molecule is Cn1cc(C(=O)c2nccn2C)cn1. The Morgan fingerprint density at radius 3 is 2.71 bits per heavy atom. The summed E-state index contributed by atoms with van der Waals surface area (Å²) >= 11 is 0. The van der Waals surface area contributed by atoms with E-state index in [9.17, 15) is 4.79 Å². The van der Waals surface area contributed by atoms with Crippen LogP contribution >= 0.6 is 0 Å². The topological polar surface area (TPSA) is 52.7 Å². The van der Waals surface area contributed by atoms with E-state index in [0.717, 1.165) is 0 Å². The Hall–Kier alpha value is -1.91. The van der Waals surface area contributed by atoms with Gasteiger partial charge in [0.15, 0.2) is 5.82 Å². The summed E-state index contributed by atoms with van der Waals surface area (Å²) in [5.41, 5.74) is 0.557. The summed E-state index contributed by atoms with van der Waals surface area (Å²) in [6.07, 6.45) is 6.56. The molecule has 0 radical (unpaired) electrons. The molecular weight excluding hydrogens is 180 g/mol. The summed E-state index contributed by atoms with van der Waals surface area (Å²) in [4.78, 5) is 15.8. The molecule has 2 heterocycles. The highest BCUT2D eigenvalue weighted by molar-refractivity contribution is 6.06. The van der Waals surface area contributed by atoms with Crippen LogP contribution in [0.5, 0.6) is 0 Å². The summed E-state index contributed by atoms with van der Waals surface area (Å²) < 4.78 is 3.28. The van der Waals surface area contributed by atoms with Gasteiger partial charge < -0.3 is 4.57 Å². The van der Waals surface area contributed by atoms with Gasteiger partial charge >= 0.3 is 0 Å². The molecular formula is C9H10N4O. The molecule has 0 fully saturated rings. The number of rotatable bonds is 2. The maximum Gasteiger partial charge on any atom is 0.231 e. The molecule has 14 heavy (non-hydrogen) atoms. The van der Waals surface area contributed by atoms with Crippen LogP contribution in [0.1, 0.15) is 16.2 Å². The molecule has 0 N–H and O–H groups in total. The molecule has 0 bridgehead atoms. The molecule has 0 unspecified atom stereocenters. The van der Waals surface area contributed by atoms with Crippen LogP contribution in [0.2, 0.25) is 0 Å². The van der Waals surface area contributed by atoms with Crippen LogP contribution in [0.15, 0.2) is 24.8 Å². The van der Waals surface area contributed by atoms with E-state index in [1.165, 1.54) is 6.20 Å². The number of carbonyl (C=O) groups is 1. The van der Waals surface area contributed by atoms with Gasteiger partial charge in [0.2, 0.25) is 5.78 Å². The maximum atomic E-state index is 11.8. The van der Waals surface area contributed by atoms with Gasteiger partial charge in [0.25, 0.3) is 0 Å². The molecule has 0 spiro atoms. The number of hydrogen-bond donors (Lipinski definition) is 0. The number of ketones is 1. The Bertz CT molecular complexity index is 469. The fraction of sp³-hybridized carbons (Fsp3) is 0.222. The van der Waals surface area contributed by atoms with E-state index in [4.69, 9.17) is 0 Å². The average Bonchev–Trinajstić information content (AvgIpc) is 2.73. The molecule has 5 nitrogen and oxygen atoms in total. The van der Waals surface area contributed by atoms with Crippen molar-refractivity contribution in [1.82, 2.24) is 19.3 Å². The number of nitrogens with zero attached hydrogens (tertiary/aromatic N) is 4. The van der Waals surface area contributed by atoms with Gasteiger partial charge in [0.05, 0.1) is 11.8 Å². The van der Waals surface area contributed by atoms with Gasteiger partial charge in [0, 0.05) is 32.7 Å². The highest BCUT2D eigenvalue weighted by Crippen LogP contribution is 2.05. The predicted molar refractivity (Wildman–Crippen MR) is 49.8 cm³/mol. The number of imidazole rings is 1.